The van der Waals surface area contributed by atoms with Gasteiger partial charge in [0.2, 0.25) is 5.91 Å². The molecule has 2 heterocycles. The molecule has 6 nitrogen and oxygen atoms in total. The van der Waals surface area contributed by atoms with Crippen LogP contribution in [0.1, 0.15) is 22.8 Å². The zero-order valence-electron chi connectivity index (χ0n) is 11.9. The van der Waals surface area contributed by atoms with Crippen LogP contribution in [0, 0.1) is 0 Å². The van der Waals surface area contributed by atoms with Crippen LogP contribution in [-0.2, 0) is 16.0 Å². The highest BCUT2D eigenvalue weighted by Crippen LogP contribution is 2.34. The van der Waals surface area contributed by atoms with E-state index in [0.29, 0.717) is 32.7 Å². The van der Waals surface area contributed by atoms with Crippen molar-refractivity contribution in [2.45, 2.75) is 18.9 Å². The van der Waals surface area contributed by atoms with Crippen molar-refractivity contribution in [2.24, 2.45) is 0 Å². The Morgan fingerprint density at radius 3 is 2.71 bits per heavy atom. The molecule has 0 radical (unpaired) electrons. The van der Waals surface area contributed by atoms with E-state index in [1.54, 1.807) is 23.1 Å². The van der Waals surface area contributed by atoms with Crippen molar-refractivity contribution in [1.29, 1.82) is 0 Å². The molecule has 0 saturated carbocycles. The molecule has 0 bridgehead atoms. The normalized spacial score (nSPS) is 24.3. The Kier molecular flexibility index (Phi) is 3.33. The van der Waals surface area contributed by atoms with E-state index in [1.807, 2.05) is 6.92 Å². The maximum absolute atomic E-state index is 12.7. The molecule has 1 aromatic rings. The van der Waals surface area contributed by atoms with Crippen molar-refractivity contribution in [3.05, 3.63) is 29.3 Å². The summed E-state index contributed by atoms with van der Waals surface area (Å²) in [6.07, 6.45) is 0.500. The summed E-state index contributed by atoms with van der Waals surface area (Å²) >= 11 is 0. The molecule has 0 aromatic heterocycles. The number of morpholine rings is 1. The molecule has 1 fully saturated rings. The van der Waals surface area contributed by atoms with Gasteiger partial charge in [-0.3, -0.25) is 4.79 Å². The number of nitrogens with zero attached hydrogens (tertiary/aromatic N) is 1. The van der Waals surface area contributed by atoms with Gasteiger partial charge in [-0.1, -0.05) is 0 Å². The number of amides is 1. The van der Waals surface area contributed by atoms with Crippen molar-refractivity contribution in [2.75, 3.05) is 31.6 Å². The number of carbonyl (C=O) groups excluding carboxylic acids is 1. The highest BCUT2D eigenvalue weighted by atomic mass is 16.5. The van der Waals surface area contributed by atoms with Gasteiger partial charge in [0.05, 0.1) is 18.8 Å². The standard InChI is InChI=1S/C15H18N2O4/c1-15(14(20)17-4-6-21-7-5-17)9-11-8-10(13(18)19)2-3-12(11)16-15/h2-3,8,16H,4-7,9H2,1H3,(H,18,19). The molecule has 1 atom stereocenters. The van der Waals surface area contributed by atoms with E-state index >= 15 is 0 Å². The summed E-state index contributed by atoms with van der Waals surface area (Å²) in [4.78, 5) is 25.5. The first-order chi connectivity index (χ1) is 9.99. The zero-order chi connectivity index (χ0) is 15.0. The third-order valence-corrected chi connectivity index (χ3v) is 4.08. The van der Waals surface area contributed by atoms with Crippen LogP contribution >= 0.6 is 0 Å². The Morgan fingerprint density at radius 2 is 2.05 bits per heavy atom. The molecular formula is C15H18N2O4. The summed E-state index contributed by atoms with van der Waals surface area (Å²) in [5.41, 5.74) is 1.25. The quantitative estimate of drug-likeness (QED) is 0.848. The number of hydrogen-bond acceptors (Lipinski definition) is 4. The number of carboxylic acid groups (broad SMARTS) is 1. The van der Waals surface area contributed by atoms with Gasteiger partial charge < -0.3 is 20.1 Å². The van der Waals surface area contributed by atoms with Gasteiger partial charge in [-0.05, 0) is 30.7 Å². The Labute approximate surface area is 122 Å². The number of nitrogens with one attached hydrogen (secondary N) is 1. The molecule has 0 aliphatic carbocycles. The minimum absolute atomic E-state index is 0.0406. The van der Waals surface area contributed by atoms with Crippen LogP contribution in [-0.4, -0.2) is 53.7 Å². The van der Waals surface area contributed by atoms with Crippen molar-refractivity contribution < 1.29 is 19.4 Å². The van der Waals surface area contributed by atoms with E-state index in [4.69, 9.17) is 9.84 Å². The van der Waals surface area contributed by atoms with Crippen LogP contribution in [0.15, 0.2) is 18.2 Å². The van der Waals surface area contributed by atoms with Crippen LogP contribution in [0.5, 0.6) is 0 Å². The Balaban J connectivity index is 1.81. The lowest BCUT2D eigenvalue weighted by Gasteiger charge is -2.34. The molecule has 2 aliphatic rings. The number of fused-ring (bicyclic) bond motifs is 1. The maximum Gasteiger partial charge on any atom is 0.335 e. The van der Waals surface area contributed by atoms with Crippen LogP contribution in [0.3, 0.4) is 0 Å². The first-order valence-corrected chi connectivity index (χ1v) is 7.01. The van der Waals surface area contributed by atoms with E-state index in [1.165, 1.54) is 0 Å². The maximum atomic E-state index is 12.7. The fraction of sp³-hybridized carbons (Fsp3) is 0.467. The number of carbonyl (C=O) groups is 2. The molecule has 1 aromatic carbocycles. The average molecular weight is 290 g/mol. The number of carboxylic acids is 1. The third kappa shape index (κ3) is 2.47. The molecule has 0 spiro atoms. The van der Waals surface area contributed by atoms with Crippen LogP contribution in [0.25, 0.3) is 0 Å². The van der Waals surface area contributed by atoms with Gasteiger partial charge in [0.15, 0.2) is 0 Å². The predicted octanol–water partition coefficient (Wildman–Crippen LogP) is 0.970. The third-order valence-electron chi connectivity index (χ3n) is 4.08. The monoisotopic (exact) mass is 290 g/mol. The summed E-state index contributed by atoms with van der Waals surface area (Å²) in [5.74, 6) is -0.912. The molecule has 2 aliphatic heterocycles. The van der Waals surface area contributed by atoms with E-state index in [9.17, 15) is 9.59 Å². The second-order valence-electron chi connectivity index (χ2n) is 5.72. The van der Waals surface area contributed by atoms with E-state index in [2.05, 4.69) is 5.32 Å². The van der Waals surface area contributed by atoms with Crippen LogP contribution < -0.4 is 5.32 Å². The van der Waals surface area contributed by atoms with Gasteiger partial charge in [-0.2, -0.15) is 0 Å². The van der Waals surface area contributed by atoms with Crippen molar-refractivity contribution in [3.63, 3.8) is 0 Å². The number of ether oxygens (including phenoxy) is 1. The molecule has 3 rings (SSSR count). The Hall–Kier alpha value is -2.08. The van der Waals surface area contributed by atoms with Crippen LogP contribution in [0.2, 0.25) is 0 Å². The number of benzene rings is 1. The molecule has 21 heavy (non-hydrogen) atoms. The van der Waals surface area contributed by atoms with Gasteiger partial charge in [0.25, 0.3) is 0 Å². The number of hydrogen-bond donors (Lipinski definition) is 2. The van der Waals surface area contributed by atoms with Gasteiger partial charge in [-0.15, -0.1) is 0 Å². The smallest absolute Gasteiger partial charge is 0.335 e. The van der Waals surface area contributed by atoms with Gasteiger partial charge in [-0.25, -0.2) is 4.79 Å². The first-order valence-electron chi connectivity index (χ1n) is 7.01. The average Bonchev–Trinajstić information content (AvgIpc) is 2.83. The van der Waals surface area contributed by atoms with E-state index in [-0.39, 0.29) is 11.5 Å². The highest BCUT2D eigenvalue weighted by molar-refractivity contribution is 5.93. The summed E-state index contributed by atoms with van der Waals surface area (Å²) in [5, 5.41) is 12.3. The van der Waals surface area contributed by atoms with Crippen molar-refractivity contribution >= 4 is 17.6 Å². The first kappa shape index (κ1) is 13.9. The summed E-state index contributed by atoms with van der Waals surface area (Å²) < 4.78 is 5.27. The van der Waals surface area contributed by atoms with Gasteiger partial charge >= 0.3 is 5.97 Å². The van der Waals surface area contributed by atoms with Crippen molar-refractivity contribution in [3.8, 4) is 0 Å². The SMILES string of the molecule is CC1(C(=O)N2CCOCC2)Cc2cc(C(=O)O)ccc2N1. The van der Waals surface area contributed by atoms with Gasteiger partial charge in [0.1, 0.15) is 5.54 Å². The number of anilines is 1. The highest BCUT2D eigenvalue weighted by Gasteiger charge is 2.42. The largest absolute Gasteiger partial charge is 0.478 e. The molecular weight excluding hydrogens is 272 g/mol. The van der Waals surface area contributed by atoms with E-state index in [0.717, 1.165) is 11.3 Å². The minimum Gasteiger partial charge on any atom is -0.478 e. The zero-order valence-corrected chi connectivity index (χ0v) is 11.9. The molecule has 1 unspecified atom stereocenters. The Bertz CT molecular complexity index is 595. The molecule has 2 N–H and O–H groups in total. The number of aromatic carboxylic acids is 1. The fourth-order valence-electron chi connectivity index (χ4n) is 2.96. The number of rotatable bonds is 2. The molecule has 112 valence electrons. The van der Waals surface area contributed by atoms with E-state index < -0.39 is 11.5 Å². The molecule has 6 heteroatoms. The minimum atomic E-state index is -0.953. The summed E-state index contributed by atoms with van der Waals surface area (Å²) in [6.45, 7) is 4.21. The summed E-state index contributed by atoms with van der Waals surface area (Å²) in [7, 11) is 0. The lowest BCUT2D eigenvalue weighted by molar-refractivity contribution is -0.139. The molecule has 1 amide bonds. The fourth-order valence-corrected chi connectivity index (χ4v) is 2.96. The second-order valence-corrected chi connectivity index (χ2v) is 5.72. The van der Waals surface area contributed by atoms with Crippen molar-refractivity contribution in [1.82, 2.24) is 4.90 Å². The van der Waals surface area contributed by atoms with Crippen LogP contribution in [0.4, 0.5) is 5.69 Å². The predicted molar refractivity (Wildman–Crippen MR) is 76.5 cm³/mol. The molecule has 1 saturated heterocycles. The summed E-state index contributed by atoms with van der Waals surface area (Å²) in [6, 6.07) is 4.93. The Morgan fingerprint density at radius 1 is 1.33 bits per heavy atom. The topological polar surface area (TPSA) is 78.9 Å². The lowest BCUT2D eigenvalue weighted by Crippen LogP contribution is -2.54. The van der Waals surface area contributed by atoms with Gasteiger partial charge in [0, 0.05) is 25.2 Å². The second kappa shape index (κ2) is 5.04. The lowest BCUT2D eigenvalue weighted by atomic mass is 9.95.